The molecule has 0 unspecified atom stereocenters. The normalized spacial score (nSPS) is 16.1. The number of fused-ring (bicyclic) bond motifs is 1. The van der Waals surface area contributed by atoms with Crippen LogP contribution in [-0.2, 0) is 0 Å². The number of nitrogens with one attached hydrogen (secondary N) is 2. The lowest BCUT2D eigenvalue weighted by Gasteiger charge is -2.08. The van der Waals surface area contributed by atoms with Crippen molar-refractivity contribution in [3.05, 3.63) is 37.5 Å². The standard InChI is InChI=1S/C17H20N6O2S/c1-9(2)7-18-13-6-14(20-11-3-4-11)23-15(21-13)10(8-19-23)5-12-16(24)22-17(25)26-12/h5-6,8-9,11,18,24H,3-4,7H2,1-2H3,(H,22,25). The molecule has 1 saturated carbocycles. The molecule has 0 amide bonds. The molecule has 9 heteroatoms. The Labute approximate surface area is 152 Å². The number of aromatic hydroxyl groups is 1. The van der Waals surface area contributed by atoms with E-state index in [1.54, 1.807) is 16.8 Å². The monoisotopic (exact) mass is 372 g/mol. The lowest BCUT2D eigenvalue weighted by atomic mass is 10.2. The van der Waals surface area contributed by atoms with E-state index in [1.165, 1.54) is 0 Å². The van der Waals surface area contributed by atoms with Crippen molar-refractivity contribution in [3.63, 3.8) is 0 Å². The van der Waals surface area contributed by atoms with Crippen molar-refractivity contribution < 1.29 is 5.11 Å². The summed E-state index contributed by atoms with van der Waals surface area (Å²) in [6.07, 6.45) is 5.58. The summed E-state index contributed by atoms with van der Waals surface area (Å²) in [4.78, 5) is 23.3. The molecular formula is C17H20N6O2S. The third-order valence-corrected chi connectivity index (χ3v) is 4.80. The number of aromatic nitrogens is 4. The van der Waals surface area contributed by atoms with Crippen LogP contribution in [0.15, 0.2) is 22.1 Å². The van der Waals surface area contributed by atoms with Gasteiger partial charge in [0.05, 0.1) is 17.1 Å². The van der Waals surface area contributed by atoms with Crippen LogP contribution in [0.25, 0.3) is 11.7 Å². The molecule has 0 radical (unpaired) electrons. The van der Waals surface area contributed by atoms with Crippen LogP contribution in [0.4, 0.5) is 5.82 Å². The zero-order chi connectivity index (χ0) is 18.3. The van der Waals surface area contributed by atoms with Gasteiger partial charge in [-0.3, -0.25) is 14.8 Å². The van der Waals surface area contributed by atoms with Crippen LogP contribution in [0.3, 0.4) is 0 Å². The van der Waals surface area contributed by atoms with Crippen molar-refractivity contribution in [1.82, 2.24) is 19.6 Å². The minimum absolute atomic E-state index is 0.142. The van der Waals surface area contributed by atoms with Gasteiger partial charge >= 0.3 is 4.87 Å². The van der Waals surface area contributed by atoms with E-state index in [9.17, 15) is 9.90 Å². The van der Waals surface area contributed by atoms with E-state index in [-0.39, 0.29) is 10.8 Å². The van der Waals surface area contributed by atoms with E-state index < -0.39 is 0 Å². The molecule has 3 aromatic rings. The van der Waals surface area contributed by atoms with Gasteiger partial charge in [0.15, 0.2) is 11.1 Å². The Morgan fingerprint density at radius 3 is 3.00 bits per heavy atom. The number of nitrogens with zero attached hydrogens (tertiary/aromatic N) is 4. The largest absolute Gasteiger partial charge is 0.493 e. The highest BCUT2D eigenvalue weighted by Gasteiger charge is 2.20. The third-order valence-electron chi connectivity index (χ3n) is 3.98. The molecule has 3 aromatic heterocycles. The number of hydrogen-bond acceptors (Lipinski definition) is 7. The van der Waals surface area contributed by atoms with Gasteiger partial charge in [-0.15, -0.1) is 0 Å². The van der Waals surface area contributed by atoms with Crippen LogP contribution in [0, 0.1) is 5.92 Å². The zero-order valence-electron chi connectivity index (χ0n) is 14.6. The van der Waals surface area contributed by atoms with E-state index in [4.69, 9.17) is 4.99 Å². The van der Waals surface area contributed by atoms with Gasteiger partial charge in [-0.1, -0.05) is 25.2 Å². The molecule has 8 nitrogen and oxygen atoms in total. The number of aromatic amines is 1. The third kappa shape index (κ3) is 3.48. The molecule has 3 heterocycles. The first-order valence-corrected chi connectivity index (χ1v) is 9.41. The Kier molecular flexibility index (Phi) is 4.23. The zero-order valence-corrected chi connectivity index (χ0v) is 15.4. The molecule has 0 bridgehead atoms. The molecular weight excluding hydrogens is 352 g/mol. The van der Waals surface area contributed by atoms with Gasteiger partial charge in [0.1, 0.15) is 5.82 Å². The molecule has 0 aliphatic heterocycles. The summed E-state index contributed by atoms with van der Waals surface area (Å²) in [5.41, 5.74) is 1.40. The summed E-state index contributed by atoms with van der Waals surface area (Å²) in [6, 6.07) is 2.27. The van der Waals surface area contributed by atoms with Crippen LogP contribution in [-0.4, -0.2) is 37.3 Å². The summed E-state index contributed by atoms with van der Waals surface area (Å²) in [5.74, 6) is 1.09. The van der Waals surface area contributed by atoms with Crippen LogP contribution in [0.1, 0.15) is 31.6 Å². The van der Waals surface area contributed by atoms with Crippen molar-refractivity contribution in [3.8, 4) is 5.88 Å². The molecule has 4 rings (SSSR count). The van der Waals surface area contributed by atoms with E-state index in [0.29, 0.717) is 22.5 Å². The average Bonchev–Trinajstić information content (AvgIpc) is 3.22. The van der Waals surface area contributed by atoms with Crippen LogP contribution >= 0.6 is 11.3 Å². The van der Waals surface area contributed by atoms with Gasteiger partial charge in [-0.2, -0.15) is 9.61 Å². The maximum atomic E-state index is 11.4. The molecule has 136 valence electrons. The number of rotatable bonds is 5. The fourth-order valence-electron chi connectivity index (χ4n) is 2.52. The second-order valence-corrected chi connectivity index (χ2v) is 7.86. The topological polar surface area (TPSA) is 108 Å². The van der Waals surface area contributed by atoms with E-state index in [0.717, 1.165) is 47.2 Å². The fourth-order valence-corrected chi connectivity index (χ4v) is 3.20. The number of hydrogen-bond donors (Lipinski definition) is 3. The Bertz CT molecular complexity index is 1120. The highest BCUT2D eigenvalue weighted by Crippen LogP contribution is 2.22. The molecule has 0 aromatic carbocycles. The molecule has 3 N–H and O–H groups in total. The van der Waals surface area contributed by atoms with E-state index in [1.807, 2.05) is 6.07 Å². The smallest absolute Gasteiger partial charge is 0.307 e. The maximum Gasteiger partial charge on any atom is 0.307 e. The minimum Gasteiger partial charge on any atom is -0.493 e. The molecule has 1 fully saturated rings. The molecule has 1 aliphatic rings. The van der Waals surface area contributed by atoms with Crippen LogP contribution in [0.5, 0.6) is 5.88 Å². The van der Waals surface area contributed by atoms with Gasteiger partial charge in [0.2, 0.25) is 5.88 Å². The SMILES string of the molecule is CC(C)CNc1cc(=NC2CC2)n2ncc(=Cc3sc(=O)[nH]c3O)c2n1. The van der Waals surface area contributed by atoms with Gasteiger partial charge < -0.3 is 10.4 Å². The molecule has 1 aliphatic carbocycles. The highest BCUT2D eigenvalue weighted by atomic mass is 32.1. The molecule has 26 heavy (non-hydrogen) atoms. The van der Waals surface area contributed by atoms with Gasteiger partial charge in [0, 0.05) is 17.8 Å². The fraction of sp³-hybridized carbons (Fsp3) is 0.412. The summed E-state index contributed by atoms with van der Waals surface area (Å²) in [7, 11) is 0. The van der Waals surface area contributed by atoms with Gasteiger partial charge in [-0.05, 0) is 24.8 Å². The van der Waals surface area contributed by atoms with Gasteiger partial charge in [0.25, 0.3) is 0 Å². The molecule has 0 saturated heterocycles. The lowest BCUT2D eigenvalue weighted by molar-refractivity contribution is 0.455. The second kappa shape index (κ2) is 6.56. The van der Waals surface area contributed by atoms with Crippen molar-refractivity contribution in [2.75, 3.05) is 11.9 Å². The van der Waals surface area contributed by atoms with Crippen molar-refractivity contribution in [1.29, 1.82) is 0 Å². The summed E-state index contributed by atoms with van der Waals surface area (Å²) < 4.78 is 1.71. The average molecular weight is 372 g/mol. The summed E-state index contributed by atoms with van der Waals surface area (Å²) in [5, 5.41) is 18.3. The Morgan fingerprint density at radius 2 is 2.35 bits per heavy atom. The predicted molar refractivity (Wildman–Crippen MR) is 100 cm³/mol. The molecule has 0 spiro atoms. The van der Waals surface area contributed by atoms with Gasteiger partial charge in [-0.25, -0.2) is 4.98 Å². The van der Waals surface area contributed by atoms with Crippen LogP contribution in [0.2, 0.25) is 0 Å². The van der Waals surface area contributed by atoms with Crippen LogP contribution < -0.4 is 20.9 Å². The Morgan fingerprint density at radius 1 is 1.54 bits per heavy atom. The van der Waals surface area contributed by atoms with Crippen molar-refractivity contribution in [2.24, 2.45) is 10.9 Å². The first kappa shape index (κ1) is 16.8. The highest BCUT2D eigenvalue weighted by molar-refractivity contribution is 7.10. The maximum absolute atomic E-state index is 11.4. The first-order valence-electron chi connectivity index (χ1n) is 8.60. The lowest BCUT2D eigenvalue weighted by Crippen LogP contribution is -2.21. The Balaban J connectivity index is 1.88. The van der Waals surface area contributed by atoms with Crippen molar-refractivity contribution in [2.45, 2.75) is 32.7 Å². The second-order valence-electron chi connectivity index (χ2n) is 6.84. The summed E-state index contributed by atoms with van der Waals surface area (Å²) >= 11 is 0.944. The predicted octanol–water partition coefficient (Wildman–Crippen LogP) is 0.863. The van der Waals surface area contributed by atoms with E-state index >= 15 is 0 Å². The minimum atomic E-state index is -0.304. The number of anilines is 1. The van der Waals surface area contributed by atoms with Crippen molar-refractivity contribution >= 4 is 28.9 Å². The summed E-state index contributed by atoms with van der Waals surface area (Å²) in [6.45, 7) is 5.07. The number of thiazole rings is 1. The molecule has 0 atom stereocenters. The number of H-pyrrole nitrogens is 1. The quantitative estimate of drug-likeness (QED) is 0.616. The Hall–Kier alpha value is -2.68. The van der Waals surface area contributed by atoms with E-state index in [2.05, 4.69) is 34.2 Å². The first-order chi connectivity index (χ1) is 12.5.